The number of H-pyrrole nitrogens is 1. The van der Waals surface area contributed by atoms with Crippen molar-refractivity contribution in [1.29, 1.82) is 0 Å². The van der Waals surface area contributed by atoms with Crippen molar-refractivity contribution in [2.75, 3.05) is 25.5 Å². The lowest BCUT2D eigenvalue weighted by molar-refractivity contribution is 0.346. The minimum absolute atomic E-state index is 0.278. The van der Waals surface area contributed by atoms with Gasteiger partial charge in [-0.05, 0) is 61.5 Å². The van der Waals surface area contributed by atoms with E-state index >= 15 is 0 Å². The lowest BCUT2D eigenvalue weighted by Crippen LogP contribution is -2.35. The molecule has 0 saturated carbocycles. The lowest BCUT2D eigenvalue weighted by Gasteiger charge is -2.25. The van der Waals surface area contributed by atoms with Gasteiger partial charge in [0.1, 0.15) is 5.75 Å². The molecule has 1 aliphatic rings. The van der Waals surface area contributed by atoms with E-state index in [2.05, 4.69) is 20.8 Å². The van der Waals surface area contributed by atoms with Gasteiger partial charge < -0.3 is 15.0 Å². The first-order chi connectivity index (χ1) is 15.9. The van der Waals surface area contributed by atoms with Gasteiger partial charge in [0.15, 0.2) is 5.11 Å². The van der Waals surface area contributed by atoms with E-state index in [0.29, 0.717) is 29.5 Å². The number of nitrogens with one attached hydrogen (secondary N) is 3. The molecule has 0 unspecified atom stereocenters. The molecule has 11 heteroatoms. The maximum Gasteiger partial charge on any atom is 0.243 e. The van der Waals surface area contributed by atoms with E-state index in [1.807, 2.05) is 0 Å². The Morgan fingerprint density at radius 1 is 1.21 bits per heavy atom. The number of piperidine rings is 1. The van der Waals surface area contributed by atoms with E-state index in [-0.39, 0.29) is 10.0 Å². The van der Waals surface area contributed by atoms with Crippen molar-refractivity contribution >= 4 is 61.8 Å². The zero-order chi connectivity index (χ0) is 23.4. The number of rotatable bonds is 6. The standard InChI is InChI=1S/C22H24ClN5O3S2/c1-31-21-8-5-16(11-19(21)23)26-22(32)27-25-14-15-13-24-20-7-6-17(12-18(15)20)33(29,30)28-9-3-2-4-10-28/h5-8,11-14,24H,2-4,9-10H2,1H3,(H2,26,27,32). The Kier molecular flexibility index (Phi) is 7.18. The van der Waals surface area contributed by atoms with Crippen LogP contribution in [0.4, 0.5) is 5.69 Å². The average molecular weight is 506 g/mol. The highest BCUT2D eigenvalue weighted by molar-refractivity contribution is 7.89. The smallest absolute Gasteiger partial charge is 0.243 e. The van der Waals surface area contributed by atoms with Crippen molar-refractivity contribution in [3.8, 4) is 5.75 Å². The molecule has 0 radical (unpaired) electrons. The minimum atomic E-state index is -3.52. The average Bonchev–Trinajstić information content (AvgIpc) is 3.22. The number of anilines is 1. The Hall–Kier alpha value is -2.66. The van der Waals surface area contributed by atoms with Crippen molar-refractivity contribution in [2.24, 2.45) is 5.10 Å². The van der Waals surface area contributed by atoms with E-state index < -0.39 is 10.0 Å². The molecular formula is C22H24ClN5O3S2. The highest BCUT2D eigenvalue weighted by Crippen LogP contribution is 2.27. The van der Waals surface area contributed by atoms with Crippen molar-refractivity contribution in [2.45, 2.75) is 24.2 Å². The van der Waals surface area contributed by atoms with E-state index in [0.717, 1.165) is 35.7 Å². The Labute approximate surface area is 203 Å². The highest BCUT2D eigenvalue weighted by Gasteiger charge is 2.26. The summed E-state index contributed by atoms with van der Waals surface area (Å²) in [6.07, 6.45) is 6.22. The van der Waals surface area contributed by atoms with Crippen LogP contribution in [0.2, 0.25) is 5.02 Å². The number of halogens is 1. The van der Waals surface area contributed by atoms with Crippen molar-refractivity contribution in [3.05, 3.63) is 53.2 Å². The van der Waals surface area contributed by atoms with Crippen molar-refractivity contribution < 1.29 is 13.2 Å². The number of hydrogen-bond donors (Lipinski definition) is 3. The molecular weight excluding hydrogens is 482 g/mol. The molecule has 2 heterocycles. The molecule has 0 bridgehead atoms. The van der Waals surface area contributed by atoms with Crippen LogP contribution in [-0.2, 0) is 10.0 Å². The number of fused-ring (bicyclic) bond motifs is 1. The Morgan fingerprint density at radius 3 is 2.73 bits per heavy atom. The van der Waals surface area contributed by atoms with Gasteiger partial charge in [0.2, 0.25) is 10.0 Å². The second kappa shape index (κ2) is 10.1. The molecule has 174 valence electrons. The van der Waals surface area contributed by atoms with Crippen molar-refractivity contribution in [3.63, 3.8) is 0 Å². The maximum absolute atomic E-state index is 13.0. The summed E-state index contributed by atoms with van der Waals surface area (Å²) in [7, 11) is -1.97. The van der Waals surface area contributed by atoms with Gasteiger partial charge in [0.25, 0.3) is 0 Å². The number of benzene rings is 2. The first kappa shape index (κ1) is 23.5. The van der Waals surface area contributed by atoms with Crippen LogP contribution in [0.15, 0.2) is 52.6 Å². The zero-order valence-electron chi connectivity index (χ0n) is 18.0. The second-order valence-electron chi connectivity index (χ2n) is 7.59. The SMILES string of the molecule is COc1ccc(NC(=S)NN=Cc2c[nH]c3ccc(S(=O)(=O)N4CCCCC4)cc23)cc1Cl. The van der Waals surface area contributed by atoms with Crippen LogP contribution in [0.3, 0.4) is 0 Å². The molecule has 1 aliphatic heterocycles. The Bertz CT molecular complexity index is 1300. The van der Waals surface area contributed by atoms with Crippen LogP contribution in [0.1, 0.15) is 24.8 Å². The summed E-state index contributed by atoms with van der Waals surface area (Å²) in [6.45, 7) is 1.13. The van der Waals surface area contributed by atoms with Crippen LogP contribution in [0, 0.1) is 0 Å². The summed E-state index contributed by atoms with van der Waals surface area (Å²) >= 11 is 11.4. The van der Waals surface area contributed by atoms with Gasteiger partial charge in [-0.25, -0.2) is 8.42 Å². The zero-order valence-corrected chi connectivity index (χ0v) is 20.4. The van der Waals surface area contributed by atoms with Crippen LogP contribution >= 0.6 is 23.8 Å². The molecule has 33 heavy (non-hydrogen) atoms. The molecule has 0 spiro atoms. The molecule has 0 aliphatic carbocycles. The van der Waals surface area contributed by atoms with E-state index in [1.54, 1.807) is 60.2 Å². The number of nitrogens with zero attached hydrogens (tertiary/aromatic N) is 2. The minimum Gasteiger partial charge on any atom is -0.495 e. The van der Waals surface area contributed by atoms with Gasteiger partial charge in [0, 0.05) is 41.4 Å². The summed E-state index contributed by atoms with van der Waals surface area (Å²) in [4.78, 5) is 3.42. The third kappa shape index (κ3) is 5.30. The number of aromatic amines is 1. The van der Waals surface area contributed by atoms with Gasteiger partial charge in [-0.1, -0.05) is 18.0 Å². The summed E-state index contributed by atoms with van der Waals surface area (Å²) in [6, 6.07) is 10.3. The number of ether oxygens (including phenoxy) is 1. The number of thiocarbonyl (C=S) groups is 1. The molecule has 3 aromatic rings. The van der Waals surface area contributed by atoms with Crippen LogP contribution in [0.25, 0.3) is 10.9 Å². The fourth-order valence-corrected chi connectivity index (χ4v) is 5.68. The predicted molar refractivity (Wildman–Crippen MR) is 136 cm³/mol. The van der Waals surface area contributed by atoms with E-state index in [4.69, 9.17) is 28.6 Å². The van der Waals surface area contributed by atoms with E-state index in [1.165, 1.54) is 0 Å². The van der Waals surface area contributed by atoms with Crippen LogP contribution in [0.5, 0.6) is 5.75 Å². The number of sulfonamides is 1. The molecule has 8 nitrogen and oxygen atoms in total. The highest BCUT2D eigenvalue weighted by atomic mass is 35.5. The molecule has 1 fully saturated rings. The summed E-state index contributed by atoms with van der Waals surface area (Å²) < 4.78 is 32.8. The largest absolute Gasteiger partial charge is 0.495 e. The number of aromatic nitrogens is 1. The first-order valence-electron chi connectivity index (χ1n) is 10.4. The molecule has 4 rings (SSSR count). The van der Waals surface area contributed by atoms with Gasteiger partial charge in [-0.15, -0.1) is 0 Å². The topological polar surface area (TPSA) is 98.8 Å². The first-order valence-corrected chi connectivity index (χ1v) is 12.7. The maximum atomic E-state index is 13.0. The fourth-order valence-electron chi connectivity index (χ4n) is 3.71. The fraction of sp³-hybridized carbons (Fsp3) is 0.273. The third-order valence-electron chi connectivity index (χ3n) is 5.42. The van der Waals surface area contributed by atoms with E-state index in [9.17, 15) is 8.42 Å². The second-order valence-corrected chi connectivity index (χ2v) is 10.3. The van der Waals surface area contributed by atoms with Crippen LogP contribution in [-0.4, -0.2) is 49.2 Å². The predicted octanol–water partition coefficient (Wildman–Crippen LogP) is 4.33. The summed E-state index contributed by atoms with van der Waals surface area (Å²) in [5.41, 5.74) is 5.00. The lowest BCUT2D eigenvalue weighted by atomic mass is 10.2. The third-order valence-corrected chi connectivity index (χ3v) is 7.80. The molecule has 3 N–H and O–H groups in total. The van der Waals surface area contributed by atoms with Gasteiger partial charge >= 0.3 is 0 Å². The normalized spacial score (nSPS) is 15.1. The Morgan fingerprint density at radius 2 is 2.00 bits per heavy atom. The van der Waals surface area contributed by atoms with Crippen LogP contribution < -0.4 is 15.5 Å². The Balaban J connectivity index is 1.46. The number of hydrazone groups is 1. The summed E-state index contributed by atoms with van der Waals surface area (Å²) in [5.74, 6) is 0.570. The number of methoxy groups -OCH3 is 1. The van der Waals surface area contributed by atoms with Gasteiger partial charge in [-0.3, -0.25) is 5.43 Å². The van der Waals surface area contributed by atoms with Gasteiger partial charge in [0.05, 0.1) is 23.2 Å². The molecule has 0 amide bonds. The molecule has 0 atom stereocenters. The monoisotopic (exact) mass is 505 g/mol. The van der Waals surface area contributed by atoms with Crippen molar-refractivity contribution in [1.82, 2.24) is 14.7 Å². The summed E-state index contributed by atoms with van der Waals surface area (Å²) in [5, 5.41) is 8.68. The quantitative estimate of drug-likeness (QED) is 0.262. The molecule has 1 saturated heterocycles. The number of hydrogen-bond acceptors (Lipinski definition) is 5. The van der Waals surface area contributed by atoms with Gasteiger partial charge in [-0.2, -0.15) is 9.41 Å². The molecule has 2 aromatic carbocycles. The molecule has 1 aromatic heterocycles.